The molecule has 0 unspecified atom stereocenters. The minimum atomic E-state index is 1.12. The average Bonchev–Trinajstić information content (AvgIpc) is 2.82. The lowest BCUT2D eigenvalue weighted by molar-refractivity contribution is 1.54. The van der Waals surface area contributed by atoms with Gasteiger partial charge >= 0.3 is 0 Å². The summed E-state index contributed by atoms with van der Waals surface area (Å²) in [5.74, 6) is 0. The first-order valence-corrected chi connectivity index (χ1v) is 6.73. The topological polar surface area (TPSA) is 12.9 Å². The number of nitrogens with zero attached hydrogens (tertiary/aromatic N) is 1. The van der Waals surface area contributed by atoms with Crippen LogP contribution in [0.4, 0.5) is 0 Å². The highest BCUT2D eigenvalue weighted by Crippen LogP contribution is 2.33. The Balaban J connectivity index is 2.53. The van der Waals surface area contributed by atoms with Crippen molar-refractivity contribution in [3.05, 3.63) is 47.2 Å². The van der Waals surface area contributed by atoms with Gasteiger partial charge in [-0.25, -0.2) is 0 Å². The Morgan fingerprint density at radius 3 is 2.61 bits per heavy atom. The van der Waals surface area contributed by atoms with E-state index in [0.29, 0.717) is 0 Å². The summed E-state index contributed by atoms with van der Waals surface area (Å²) in [6.45, 7) is 6.44. The summed E-state index contributed by atoms with van der Waals surface area (Å²) in [4.78, 5) is 0. The van der Waals surface area contributed by atoms with Crippen LogP contribution in [0.5, 0.6) is 0 Å². The van der Waals surface area contributed by atoms with Crippen molar-refractivity contribution >= 4 is 49.9 Å². The first kappa shape index (κ1) is 10.0. The number of hydrogen-bond donors (Lipinski definition) is 0. The lowest BCUT2D eigenvalue weighted by Crippen LogP contribution is -2.03. The second kappa shape index (κ2) is 3.30. The summed E-state index contributed by atoms with van der Waals surface area (Å²) in [5.41, 5.74) is 2.40. The van der Waals surface area contributed by atoms with Crippen molar-refractivity contribution in [2.24, 2.45) is 0 Å². The van der Waals surface area contributed by atoms with E-state index in [4.69, 9.17) is 0 Å². The molecule has 0 radical (unpaired) electrons. The molecule has 18 heavy (non-hydrogen) atoms. The lowest BCUT2D eigenvalue weighted by Gasteiger charge is -2.06. The van der Waals surface area contributed by atoms with Crippen molar-refractivity contribution in [1.29, 1.82) is 0 Å². The van der Waals surface area contributed by atoms with Gasteiger partial charge in [0.25, 0.3) is 0 Å². The van der Waals surface area contributed by atoms with Crippen molar-refractivity contribution in [2.45, 2.75) is 6.92 Å². The monoisotopic (exact) mass is 249 g/mol. The maximum absolute atomic E-state index is 4.64. The van der Waals surface area contributed by atoms with E-state index in [0.717, 1.165) is 10.7 Å². The van der Waals surface area contributed by atoms with Crippen molar-refractivity contribution in [3.63, 3.8) is 0 Å². The summed E-state index contributed by atoms with van der Waals surface area (Å²) in [7, 11) is 0. The van der Waals surface area contributed by atoms with E-state index in [1.807, 2.05) is 0 Å². The molecule has 2 heteroatoms. The highest BCUT2D eigenvalue weighted by molar-refractivity contribution is 7.14. The Morgan fingerprint density at radius 2 is 1.78 bits per heavy atom. The van der Waals surface area contributed by atoms with E-state index in [-0.39, 0.29) is 0 Å². The molecule has 0 aliphatic carbocycles. The van der Waals surface area contributed by atoms with Crippen LogP contribution in [0.2, 0.25) is 0 Å². The summed E-state index contributed by atoms with van der Waals surface area (Å²) in [5, 5.41) is 6.11. The Morgan fingerprint density at radius 1 is 1.00 bits per heavy atom. The molecule has 86 valence electrons. The van der Waals surface area contributed by atoms with Crippen LogP contribution in [0.15, 0.2) is 36.4 Å². The van der Waals surface area contributed by atoms with Gasteiger partial charge in [0.1, 0.15) is 0 Å². The summed E-state index contributed by atoms with van der Waals surface area (Å²) >= 11 is 1.58. The lowest BCUT2D eigenvalue weighted by atomic mass is 9.97. The molecule has 0 atom stereocenters. The van der Waals surface area contributed by atoms with Crippen LogP contribution in [-0.4, -0.2) is 4.37 Å². The maximum Gasteiger partial charge on any atom is 0.0931 e. The molecule has 0 fully saturated rings. The van der Waals surface area contributed by atoms with Crippen LogP contribution in [0.3, 0.4) is 0 Å². The van der Waals surface area contributed by atoms with E-state index in [1.165, 1.54) is 31.8 Å². The molecule has 0 saturated carbocycles. The van der Waals surface area contributed by atoms with Crippen molar-refractivity contribution in [3.8, 4) is 0 Å². The Hall–Kier alpha value is -1.93. The fourth-order valence-corrected chi connectivity index (χ4v) is 3.60. The molecular weight excluding hydrogens is 238 g/mol. The largest absolute Gasteiger partial charge is 0.191 e. The van der Waals surface area contributed by atoms with Gasteiger partial charge in [0.2, 0.25) is 0 Å². The SMILES string of the molecule is C=c1c2ccccc2c2nsc3ccc(C)c1c32. The zero-order valence-corrected chi connectivity index (χ0v) is 10.8. The fourth-order valence-electron chi connectivity index (χ4n) is 2.80. The third-order valence-electron chi connectivity index (χ3n) is 3.66. The predicted octanol–water partition coefficient (Wildman–Crippen LogP) is 4.04. The number of aryl methyl sites for hydroxylation is 1. The quantitative estimate of drug-likeness (QED) is 0.429. The zero-order valence-electron chi connectivity index (χ0n) is 10.0. The molecule has 3 aromatic carbocycles. The smallest absolute Gasteiger partial charge is 0.0931 e. The molecule has 4 rings (SSSR count). The summed E-state index contributed by atoms with van der Waals surface area (Å²) in [6, 6.07) is 12.7. The molecular formula is C16H11NS. The van der Waals surface area contributed by atoms with Gasteiger partial charge in [-0.2, -0.15) is 4.37 Å². The molecule has 0 N–H and O–H groups in total. The van der Waals surface area contributed by atoms with E-state index in [1.54, 1.807) is 11.5 Å². The second-order valence-electron chi connectivity index (χ2n) is 4.69. The molecule has 1 aromatic heterocycles. The molecule has 4 aromatic rings. The van der Waals surface area contributed by atoms with Gasteiger partial charge in [-0.15, -0.1) is 0 Å². The first-order valence-electron chi connectivity index (χ1n) is 5.95. The number of fused-ring (bicyclic) bond motifs is 2. The number of hydrogen-bond acceptors (Lipinski definition) is 2. The molecule has 1 heterocycles. The van der Waals surface area contributed by atoms with E-state index < -0.39 is 0 Å². The Bertz CT molecular complexity index is 950. The normalized spacial score (nSPS) is 11.8. The van der Waals surface area contributed by atoms with Gasteiger partial charge in [-0.1, -0.05) is 36.9 Å². The Labute approximate surface area is 109 Å². The number of benzene rings is 3. The van der Waals surface area contributed by atoms with Crippen LogP contribution >= 0.6 is 11.5 Å². The molecule has 0 bridgehead atoms. The van der Waals surface area contributed by atoms with Gasteiger partial charge in [0, 0.05) is 10.8 Å². The van der Waals surface area contributed by atoms with E-state index in [9.17, 15) is 0 Å². The molecule has 0 spiro atoms. The zero-order chi connectivity index (χ0) is 12.3. The molecule has 0 aliphatic heterocycles. The molecule has 0 amide bonds. The standard InChI is InChI=1S/C16H11NS/c1-9-7-8-13-15-14(9)10(2)11-5-3-4-6-12(11)16(15)17-18-13/h3-8H,2H2,1H3. The maximum atomic E-state index is 4.64. The van der Waals surface area contributed by atoms with Crippen LogP contribution in [0.25, 0.3) is 38.3 Å². The third kappa shape index (κ3) is 1.08. The number of aromatic nitrogens is 1. The fraction of sp³-hybridized carbons (Fsp3) is 0.0625. The highest BCUT2D eigenvalue weighted by atomic mass is 32.1. The minimum absolute atomic E-state index is 1.12. The highest BCUT2D eigenvalue weighted by Gasteiger charge is 2.12. The summed E-state index contributed by atoms with van der Waals surface area (Å²) in [6.07, 6.45) is 0. The van der Waals surface area contributed by atoms with Gasteiger partial charge in [-0.05, 0) is 46.1 Å². The number of rotatable bonds is 0. The van der Waals surface area contributed by atoms with Gasteiger partial charge < -0.3 is 0 Å². The van der Waals surface area contributed by atoms with Crippen molar-refractivity contribution < 1.29 is 0 Å². The van der Waals surface area contributed by atoms with E-state index in [2.05, 4.69) is 54.3 Å². The van der Waals surface area contributed by atoms with Crippen molar-refractivity contribution in [1.82, 2.24) is 4.37 Å². The first-order chi connectivity index (χ1) is 8.77. The van der Waals surface area contributed by atoms with Crippen LogP contribution in [-0.2, 0) is 0 Å². The molecule has 1 nitrogen and oxygen atoms in total. The Kier molecular flexibility index (Phi) is 1.84. The third-order valence-corrected chi connectivity index (χ3v) is 4.47. The molecule has 0 aliphatic rings. The summed E-state index contributed by atoms with van der Waals surface area (Å²) < 4.78 is 5.89. The van der Waals surface area contributed by atoms with Crippen molar-refractivity contribution in [2.75, 3.05) is 0 Å². The minimum Gasteiger partial charge on any atom is -0.191 e. The molecule has 0 saturated heterocycles. The van der Waals surface area contributed by atoms with Crippen LogP contribution < -0.4 is 5.22 Å². The van der Waals surface area contributed by atoms with E-state index >= 15 is 0 Å². The second-order valence-corrected chi connectivity index (χ2v) is 5.49. The van der Waals surface area contributed by atoms with Gasteiger partial charge in [0.05, 0.1) is 10.2 Å². The predicted molar refractivity (Wildman–Crippen MR) is 80.1 cm³/mol. The van der Waals surface area contributed by atoms with Gasteiger partial charge in [0.15, 0.2) is 0 Å². The van der Waals surface area contributed by atoms with Crippen LogP contribution in [0, 0.1) is 6.92 Å². The average molecular weight is 249 g/mol. The van der Waals surface area contributed by atoms with Crippen LogP contribution in [0.1, 0.15) is 5.56 Å². The van der Waals surface area contributed by atoms with Gasteiger partial charge in [-0.3, -0.25) is 0 Å².